The number of fused-ring (bicyclic) bond motifs is 3. The Hall–Kier alpha value is -2.04. The van der Waals surface area contributed by atoms with Crippen LogP contribution in [0.3, 0.4) is 0 Å². The fraction of sp³-hybridized carbons (Fsp3) is 0.500. The lowest BCUT2D eigenvalue weighted by molar-refractivity contribution is -0.138. The van der Waals surface area contributed by atoms with Gasteiger partial charge in [0.1, 0.15) is 17.9 Å². The molecule has 0 N–H and O–H groups in total. The van der Waals surface area contributed by atoms with E-state index < -0.39 is 0 Å². The van der Waals surface area contributed by atoms with Crippen LogP contribution in [0.1, 0.15) is 19.3 Å². The van der Waals surface area contributed by atoms with E-state index in [1.165, 1.54) is 0 Å². The van der Waals surface area contributed by atoms with Crippen molar-refractivity contribution in [3.05, 3.63) is 24.3 Å². The molecule has 0 aromatic heterocycles. The minimum absolute atomic E-state index is 0.0118. The van der Waals surface area contributed by atoms with Crippen LogP contribution in [0.4, 0.5) is 5.69 Å². The Morgan fingerprint density at radius 2 is 2.05 bits per heavy atom. The van der Waals surface area contributed by atoms with E-state index in [0.717, 1.165) is 24.3 Å². The highest BCUT2D eigenvalue weighted by Gasteiger charge is 2.47. The zero-order valence-corrected chi connectivity index (χ0v) is 12.0. The summed E-state index contributed by atoms with van der Waals surface area (Å²) in [5.74, 6) is 0.964. The number of carbonyl (C=O) groups is 2. The first-order valence-corrected chi connectivity index (χ1v) is 7.49. The summed E-state index contributed by atoms with van der Waals surface area (Å²) < 4.78 is 6.04. The molecule has 0 spiro atoms. The van der Waals surface area contributed by atoms with Gasteiger partial charge in [-0.15, -0.1) is 0 Å². The Morgan fingerprint density at radius 3 is 2.81 bits per heavy atom. The summed E-state index contributed by atoms with van der Waals surface area (Å²) in [5.41, 5.74) is 0.776. The van der Waals surface area contributed by atoms with Crippen LogP contribution in [-0.4, -0.2) is 42.5 Å². The molecular formula is C16H18N2O3. The lowest BCUT2D eigenvalue weighted by Crippen LogP contribution is -2.47. The third-order valence-corrected chi connectivity index (χ3v) is 4.61. The second-order valence-electron chi connectivity index (χ2n) is 6.12. The molecule has 2 bridgehead atoms. The Morgan fingerprint density at radius 1 is 1.29 bits per heavy atom. The SMILES string of the molecule is CN1C(=O)[C@@H]2C[C@@H](CN2C(=O)C2CC2)Oc2ccccc21. The van der Waals surface area contributed by atoms with Crippen LogP contribution < -0.4 is 9.64 Å². The summed E-state index contributed by atoms with van der Waals surface area (Å²) in [4.78, 5) is 28.5. The van der Waals surface area contributed by atoms with Gasteiger partial charge in [0.05, 0.1) is 12.2 Å². The van der Waals surface area contributed by atoms with Gasteiger partial charge in [-0.2, -0.15) is 0 Å². The molecule has 1 aromatic carbocycles. The van der Waals surface area contributed by atoms with Crippen LogP contribution >= 0.6 is 0 Å². The van der Waals surface area contributed by atoms with Gasteiger partial charge >= 0.3 is 0 Å². The summed E-state index contributed by atoms with van der Waals surface area (Å²) in [6, 6.07) is 7.18. The molecule has 0 radical (unpaired) electrons. The standard InChI is InChI=1S/C16H18N2O3/c1-17-12-4-2-3-5-14(12)21-11-8-13(16(17)20)18(9-11)15(19)10-6-7-10/h2-5,10-11,13H,6-9H2,1H3/t11-,13-/m0/s1. The van der Waals surface area contributed by atoms with Gasteiger partial charge in [-0.3, -0.25) is 9.59 Å². The van der Waals surface area contributed by atoms with Gasteiger partial charge in [-0.25, -0.2) is 0 Å². The fourth-order valence-corrected chi connectivity index (χ4v) is 3.28. The van der Waals surface area contributed by atoms with Crippen molar-refractivity contribution in [3.63, 3.8) is 0 Å². The molecule has 1 saturated carbocycles. The average Bonchev–Trinajstić information content (AvgIpc) is 3.25. The monoisotopic (exact) mass is 286 g/mol. The Balaban J connectivity index is 1.70. The third-order valence-electron chi connectivity index (χ3n) is 4.61. The van der Waals surface area contributed by atoms with E-state index in [1.807, 2.05) is 24.3 Å². The largest absolute Gasteiger partial charge is 0.486 e. The maximum Gasteiger partial charge on any atom is 0.249 e. The number of carbonyl (C=O) groups excluding carboxylic acids is 2. The zero-order chi connectivity index (χ0) is 14.6. The van der Waals surface area contributed by atoms with Gasteiger partial charge in [0.25, 0.3) is 0 Å². The van der Waals surface area contributed by atoms with Crippen LogP contribution in [0.2, 0.25) is 0 Å². The molecule has 1 saturated heterocycles. The van der Waals surface area contributed by atoms with Gasteiger partial charge in [-0.05, 0) is 25.0 Å². The quantitative estimate of drug-likeness (QED) is 0.784. The summed E-state index contributed by atoms with van der Waals surface area (Å²) >= 11 is 0. The van der Waals surface area contributed by atoms with Crippen molar-refractivity contribution in [3.8, 4) is 5.75 Å². The first kappa shape index (κ1) is 12.7. The molecule has 1 aliphatic carbocycles. The molecule has 21 heavy (non-hydrogen) atoms. The van der Waals surface area contributed by atoms with Crippen molar-refractivity contribution < 1.29 is 14.3 Å². The Bertz CT molecular complexity index is 611. The van der Waals surface area contributed by atoms with E-state index in [-0.39, 0.29) is 29.9 Å². The van der Waals surface area contributed by atoms with Crippen LogP contribution in [0.15, 0.2) is 24.3 Å². The molecule has 4 rings (SSSR count). The maximum absolute atomic E-state index is 12.8. The highest BCUT2D eigenvalue weighted by Crippen LogP contribution is 2.38. The number of anilines is 1. The van der Waals surface area contributed by atoms with Crippen molar-refractivity contribution in [2.75, 3.05) is 18.5 Å². The van der Waals surface area contributed by atoms with Gasteiger partial charge in [-0.1, -0.05) is 12.1 Å². The van der Waals surface area contributed by atoms with Crippen molar-refractivity contribution in [1.82, 2.24) is 4.90 Å². The highest BCUT2D eigenvalue weighted by molar-refractivity contribution is 6.01. The highest BCUT2D eigenvalue weighted by atomic mass is 16.5. The second-order valence-corrected chi connectivity index (χ2v) is 6.12. The summed E-state index contributed by atoms with van der Waals surface area (Å²) in [5, 5.41) is 0. The Labute approximate surface area is 123 Å². The number of rotatable bonds is 1. The predicted octanol–water partition coefficient (Wildman–Crippen LogP) is 1.42. The summed E-state index contributed by atoms with van der Waals surface area (Å²) in [6.07, 6.45) is 2.42. The van der Waals surface area contributed by atoms with Gasteiger partial charge < -0.3 is 14.5 Å². The number of ether oxygens (including phenoxy) is 1. The van der Waals surface area contributed by atoms with Crippen LogP contribution in [0, 0.1) is 5.92 Å². The smallest absolute Gasteiger partial charge is 0.249 e. The predicted molar refractivity (Wildman–Crippen MR) is 77.1 cm³/mol. The molecule has 5 nitrogen and oxygen atoms in total. The lowest BCUT2D eigenvalue weighted by atomic mass is 10.1. The molecule has 2 aliphatic heterocycles. The maximum atomic E-state index is 12.8. The molecule has 2 atom stereocenters. The Kier molecular flexibility index (Phi) is 2.71. The van der Waals surface area contributed by atoms with Crippen molar-refractivity contribution >= 4 is 17.5 Å². The van der Waals surface area contributed by atoms with Gasteiger partial charge in [0, 0.05) is 19.4 Å². The third kappa shape index (κ3) is 1.99. The van der Waals surface area contributed by atoms with Crippen LogP contribution in [0.25, 0.3) is 0 Å². The van der Waals surface area contributed by atoms with Gasteiger partial charge in [0.2, 0.25) is 11.8 Å². The number of likely N-dealkylation sites (N-methyl/N-ethyl adjacent to an activating group) is 1. The molecule has 2 amide bonds. The molecule has 110 valence electrons. The van der Waals surface area contributed by atoms with E-state index >= 15 is 0 Å². The van der Waals surface area contributed by atoms with Crippen molar-refractivity contribution in [2.24, 2.45) is 5.92 Å². The molecule has 5 heteroatoms. The number of hydrogen-bond acceptors (Lipinski definition) is 3. The number of benzene rings is 1. The summed E-state index contributed by atoms with van der Waals surface area (Å²) in [7, 11) is 1.75. The zero-order valence-electron chi connectivity index (χ0n) is 12.0. The second kappa shape index (κ2) is 4.48. The minimum Gasteiger partial charge on any atom is -0.486 e. The summed E-state index contributed by atoms with van der Waals surface area (Å²) in [6.45, 7) is 0.522. The normalized spacial score (nSPS) is 27.8. The van der Waals surface area contributed by atoms with Gasteiger partial charge in [0.15, 0.2) is 0 Å². The number of para-hydroxylation sites is 2. The molecule has 3 aliphatic rings. The topological polar surface area (TPSA) is 49.9 Å². The molecule has 2 heterocycles. The lowest BCUT2D eigenvalue weighted by Gasteiger charge is -2.29. The molecule has 2 fully saturated rings. The first-order valence-electron chi connectivity index (χ1n) is 7.49. The number of amides is 2. The van der Waals surface area contributed by atoms with Crippen molar-refractivity contribution in [1.29, 1.82) is 0 Å². The van der Waals surface area contributed by atoms with E-state index in [1.54, 1.807) is 16.8 Å². The first-order chi connectivity index (χ1) is 10.1. The van der Waals surface area contributed by atoms with E-state index in [0.29, 0.717) is 13.0 Å². The average molecular weight is 286 g/mol. The minimum atomic E-state index is -0.374. The fourth-order valence-electron chi connectivity index (χ4n) is 3.28. The molecule has 0 unspecified atom stereocenters. The molecule has 1 aromatic rings. The van der Waals surface area contributed by atoms with E-state index in [4.69, 9.17) is 4.74 Å². The van der Waals surface area contributed by atoms with E-state index in [2.05, 4.69) is 0 Å². The van der Waals surface area contributed by atoms with E-state index in [9.17, 15) is 9.59 Å². The number of likely N-dealkylation sites (tertiary alicyclic amines) is 1. The number of hydrogen-bond donors (Lipinski definition) is 0. The van der Waals surface area contributed by atoms with Crippen LogP contribution in [0.5, 0.6) is 5.75 Å². The number of nitrogens with zero attached hydrogens (tertiary/aromatic N) is 2. The molecular weight excluding hydrogens is 268 g/mol. The van der Waals surface area contributed by atoms with Crippen molar-refractivity contribution in [2.45, 2.75) is 31.4 Å². The van der Waals surface area contributed by atoms with Crippen LogP contribution in [-0.2, 0) is 9.59 Å².